The number of amides is 2. The lowest BCUT2D eigenvalue weighted by Crippen LogP contribution is -2.51. The molecular weight excluding hydrogens is 333 g/mol. The minimum atomic E-state index is -0.202. The number of carbonyl (C=O) groups excluding carboxylic acids is 1. The van der Waals surface area contributed by atoms with Crippen molar-refractivity contribution in [2.45, 2.75) is 45.1 Å². The number of urea groups is 1. The summed E-state index contributed by atoms with van der Waals surface area (Å²) in [6.45, 7) is 5.58. The highest BCUT2D eigenvalue weighted by Gasteiger charge is 2.23. The van der Waals surface area contributed by atoms with Crippen LogP contribution in [0.4, 0.5) is 14.9 Å². The van der Waals surface area contributed by atoms with Crippen LogP contribution in [0.15, 0.2) is 18.2 Å². The van der Waals surface area contributed by atoms with E-state index in [1.54, 1.807) is 6.07 Å². The highest BCUT2D eigenvalue weighted by atomic mass is 19.1. The fraction of sp³-hybridized carbons (Fsp3) is 0.650. The number of benzene rings is 1. The van der Waals surface area contributed by atoms with Gasteiger partial charge in [0.1, 0.15) is 5.82 Å². The van der Waals surface area contributed by atoms with Gasteiger partial charge in [-0.2, -0.15) is 0 Å². The van der Waals surface area contributed by atoms with Gasteiger partial charge in [0.15, 0.2) is 0 Å². The Balaban J connectivity index is 1.37. The van der Waals surface area contributed by atoms with Gasteiger partial charge in [0.05, 0.1) is 5.69 Å². The van der Waals surface area contributed by atoms with E-state index in [1.807, 2.05) is 17.9 Å². The monoisotopic (exact) mass is 363 g/mol. The zero-order valence-electron chi connectivity index (χ0n) is 15.6. The van der Waals surface area contributed by atoms with Gasteiger partial charge in [-0.1, -0.05) is 6.07 Å². The number of rotatable bonds is 8. The molecule has 6 heteroatoms. The topological polar surface area (TPSA) is 53.6 Å². The molecule has 1 aliphatic carbocycles. The van der Waals surface area contributed by atoms with Crippen molar-refractivity contribution in [3.63, 3.8) is 0 Å². The summed E-state index contributed by atoms with van der Waals surface area (Å²) in [6.07, 6.45) is 5.28. The van der Waals surface area contributed by atoms with Crippen LogP contribution in [0.5, 0.6) is 0 Å². The van der Waals surface area contributed by atoms with Crippen LogP contribution in [0, 0.1) is 18.7 Å². The fourth-order valence-electron chi connectivity index (χ4n) is 3.33. The number of nitrogens with zero attached hydrogens (tertiary/aromatic N) is 1. The van der Waals surface area contributed by atoms with Gasteiger partial charge in [0, 0.05) is 38.9 Å². The van der Waals surface area contributed by atoms with Crippen molar-refractivity contribution in [2.24, 2.45) is 5.92 Å². The molecule has 5 nitrogen and oxygen atoms in total. The summed E-state index contributed by atoms with van der Waals surface area (Å²) in [6, 6.07) is 5.05. The van der Waals surface area contributed by atoms with Crippen molar-refractivity contribution in [1.29, 1.82) is 0 Å². The van der Waals surface area contributed by atoms with Crippen molar-refractivity contribution >= 4 is 11.7 Å². The first-order valence-corrected chi connectivity index (χ1v) is 9.75. The Kier molecular flexibility index (Phi) is 6.72. The number of aryl methyl sites for hydroxylation is 1. The van der Waals surface area contributed by atoms with E-state index in [9.17, 15) is 9.18 Å². The molecule has 0 spiro atoms. The third-order valence-corrected chi connectivity index (χ3v) is 5.00. The van der Waals surface area contributed by atoms with E-state index in [0.29, 0.717) is 25.4 Å². The molecule has 1 saturated carbocycles. The molecular formula is C20H30FN3O2. The van der Waals surface area contributed by atoms with Gasteiger partial charge in [-0.3, -0.25) is 0 Å². The zero-order valence-corrected chi connectivity index (χ0v) is 15.6. The first-order chi connectivity index (χ1) is 12.6. The lowest BCUT2D eigenvalue weighted by Gasteiger charge is -2.35. The second kappa shape index (κ2) is 9.21. The number of anilines is 1. The molecule has 1 unspecified atom stereocenters. The molecule has 1 aromatic carbocycles. The van der Waals surface area contributed by atoms with E-state index in [-0.39, 0.29) is 17.9 Å². The largest absolute Gasteiger partial charge is 0.381 e. The van der Waals surface area contributed by atoms with Crippen LogP contribution in [-0.4, -0.2) is 44.9 Å². The molecule has 2 aliphatic rings. The molecule has 0 aromatic heterocycles. The second-order valence-electron chi connectivity index (χ2n) is 7.51. The summed E-state index contributed by atoms with van der Waals surface area (Å²) in [5.74, 6) is 0.575. The smallest absolute Gasteiger partial charge is 0.315 e. The number of nitrogens with one attached hydrogen (secondary N) is 2. The van der Waals surface area contributed by atoms with E-state index in [0.717, 1.165) is 43.9 Å². The molecule has 1 heterocycles. The van der Waals surface area contributed by atoms with E-state index < -0.39 is 0 Å². The summed E-state index contributed by atoms with van der Waals surface area (Å²) in [4.78, 5) is 14.1. The van der Waals surface area contributed by atoms with E-state index in [2.05, 4.69) is 10.6 Å². The Morgan fingerprint density at radius 3 is 3.00 bits per heavy atom. The van der Waals surface area contributed by atoms with E-state index >= 15 is 0 Å². The minimum Gasteiger partial charge on any atom is -0.381 e. The van der Waals surface area contributed by atoms with Crippen molar-refractivity contribution < 1.29 is 13.9 Å². The first kappa shape index (κ1) is 19.0. The summed E-state index contributed by atoms with van der Waals surface area (Å²) < 4.78 is 19.7. The maximum Gasteiger partial charge on any atom is 0.315 e. The minimum absolute atomic E-state index is 0.0368. The highest BCUT2D eigenvalue weighted by Crippen LogP contribution is 2.28. The highest BCUT2D eigenvalue weighted by molar-refractivity contribution is 5.74. The lowest BCUT2D eigenvalue weighted by molar-refractivity contribution is 0.122. The molecule has 0 bridgehead atoms. The third-order valence-electron chi connectivity index (χ3n) is 5.00. The number of hydrogen-bond donors (Lipinski definition) is 2. The van der Waals surface area contributed by atoms with E-state index in [1.165, 1.54) is 18.9 Å². The second-order valence-corrected chi connectivity index (χ2v) is 7.51. The standard InChI is InChI=1S/C20H30FN3O2/c1-15-5-8-18(21)19(12-15)24-10-2-4-17(13-24)23-20(25)22-9-3-11-26-14-16-6-7-16/h5,8,12,16-17H,2-4,6-7,9-11,13-14H2,1H3,(H2,22,23,25). The molecule has 26 heavy (non-hydrogen) atoms. The van der Waals surface area contributed by atoms with Crippen molar-refractivity contribution in [1.82, 2.24) is 10.6 Å². The molecule has 1 aliphatic heterocycles. The maximum absolute atomic E-state index is 14.1. The number of ether oxygens (including phenoxy) is 1. The first-order valence-electron chi connectivity index (χ1n) is 9.75. The molecule has 2 N–H and O–H groups in total. The molecule has 0 radical (unpaired) electrons. The Bertz CT molecular complexity index is 607. The van der Waals surface area contributed by atoms with Crippen molar-refractivity contribution in [2.75, 3.05) is 37.7 Å². The van der Waals surface area contributed by atoms with Gasteiger partial charge in [0.25, 0.3) is 0 Å². The predicted molar refractivity (Wildman–Crippen MR) is 101 cm³/mol. The average Bonchev–Trinajstić information content (AvgIpc) is 3.44. The lowest BCUT2D eigenvalue weighted by atomic mass is 10.0. The molecule has 1 aromatic rings. The summed E-state index contributed by atoms with van der Waals surface area (Å²) >= 11 is 0. The number of halogens is 1. The van der Waals surface area contributed by atoms with Crippen LogP contribution in [0.3, 0.4) is 0 Å². The molecule has 3 rings (SSSR count). The molecule has 2 fully saturated rings. The van der Waals surface area contributed by atoms with Crippen LogP contribution < -0.4 is 15.5 Å². The van der Waals surface area contributed by atoms with Gasteiger partial charge in [-0.05, 0) is 62.6 Å². The van der Waals surface area contributed by atoms with Crippen LogP contribution in [0.1, 0.15) is 37.7 Å². The molecule has 1 atom stereocenters. The van der Waals surface area contributed by atoms with Gasteiger partial charge in [-0.25, -0.2) is 9.18 Å². The SMILES string of the molecule is Cc1ccc(F)c(N2CCCC(NC(=O)NCCCOCC3CC3)C2)c1. The van der Waals surface area contributed by atoms with Gasteiger partial charge >= 0.3 is 6.03 Å². The normalized spacial score (nSPS) is 20.1. The summed E-state index contributed by atoms with van der Waals surface area (Å²) in [7, 11) is 0. The van der Waals surface area contributed by atoms with Crippen molar-refractivity contribution in [3.05, 3.63) is 29.6 Å². The van der Waals surface area contributed by atoms with Crippen LogP contribution in [0.25, 0.3) is 0 Å². The number of hydrogen-bond acceptors (Lipinski definition) is 3. The van der Waals surface area contributed by atoms with Gasteiger partial charge < -0.3 is 20.3 Å². The summed E-state index contributed by atoms with van der Waals surface area (Å²) in [5.41, 5.74) is 1.67. The molecule has 144 valence electrons. The molecule has 2 amide bonds. The zero-order chi connectivity index (χ0) is 18.4. The van der Waals surface area contributed by atoms with Gasteiger partial charge in [-0.15, -0.1) is 0 Å². The number of piperidine rings is 1. The fourth-order valence-corrected chi connectivity index (χ4v) is 3.33. The van der Waals surface area contributed by atoms with Crippen LogP contribution in [0.2, 0.25) is 0 Å². The van der Waals surface area contributed by atoms with Crippen LogP contribution >= 0.6 is 0 Å². The Morgan fingerprint density at radius 1 is 1.35 bits per heavy atom. The van der Waals surface area contributed by atoms with Crippen molar-refractivity contribution in [3.8, 4) is 0 Å². The number of carbonyl (C=O) groups is 1. The average molecular weight is 363 g/mol. The van der Waals surface area contributed by atoms with Crippen LogP contribution in [-0.2, 0) is 4.74 Å². The maximum atomic E-state index is 14.1. The predicted octanol–water partition coefficient (Wildman–Crippen LogP) is 3.22. The van der Waals surface area contributed by atoms with E-state index in [4.69, 9.17) is 4.74 Å². The Labute approximate surface area is 155 Å². The Hall–Kier alpha value is -1.82. The quantitative estimate of drug-likeness (QED) is 0.698. The van der Waals surface area contributed by atoms with Gasteiger partial charge in [0.2, 0.25) is 0 Å². The Morgan fingerprint density at radius 2 is 2.19 bits per heavy atom. The molecule has 1 saturated heterocycles. The third kappa shape index (κ3) is 5.87. The summed E-state index contributed by atoms with van der Waals surface area (Å²) in [5, 5.41) is 5.90.